The predicted octanol–water partition coefficient (Wildman–Crippen LogP) is 5.15. The van der Waals surface area contributed by atoms with Gasteiger partial charge in [0, 0.05) is 19.6 Å². The first-order valence-electron chi connectivity index (χ1n) is 15.2. The van der Waals surface area contributed by atoms with Crippen LogP contribution in [0.5, 0.6) is 5.75 Å². The lowest BCUT2D eigenvalue weighted by atomic mass is 9.43. The number of carbonyl (C=O) groups excluding carboxylic acids is 2. The van der Waals surface area contributed by atoms with Gasteiger partial charge in [-0.2, -0.15) is 0 Å². The molecule has 7 nitrogen and oxygen atoms in total. The minimum Gasteiger partial charge on any atom is -0.484 e. The van der Waals surface area contributed by atoms with Gasteiger partial charge in [0.15, 0.2) is 6.61 Å². The van der Waals surface area contributed by atoms with E-state index in [1.807, 2.05) is 12.1 Å². The zero-order chi connectivity index (χ0) is 28.5. The van der Waals surface area contributed by atoms with E-state index in [0.29, 0.717) is 11.2 Å². The highest BCUT2D eigenvalue weighted by Gasteiger charge is 2.57. The molecule has 5 fully saturated rings. The molecule has 1 saturated heterocycles. The number of nitrogens with zero attached hydrogens (tertiary/aromatic N) is 1. The number of carbonyl (C=O) groups is 2. The molecule has 41 heavy (non-hydrogen) atoms. The van der Waals surface area contributed by atoms with Crippen LogP contribution in [0.2, 0.25) is 0 Å². The van der Waals surface area contributed by atoms with Gasteiger partial charge in [0.2, 0.25) is 0 Å². The highest BCUT2D eigenvalue weighted by atomic mass is 19.1. The molecule has 2 aromatic rings. The van der Waals surface area contributed by atoms with Crippen LogP contribution in [0, 0.1) is 23.1 Å². The van der Waals surface area contributed by atoms with E-state index < -0.39 is 17.7 Å². The van der Waals surface area contributed by atoms with Gasteiger partial charge in [-0.3, -0.25) is 4.79 Å². The summed E-state index contributed by atoms with van der Waals surface area (Å²) in [6.45, 7) is 5.65. The highest BCUT2D eigenvalue weighted by molar-refractivity contribution is 5.95. The number of benzene rings is 2. The summed E-state index contributed by atoms with van der Waals surface area (Å²) in [6.07, 6.45) is 10.6. The van der Waals surface area contributed by atoms with E-state index in [2.05, 4.69) is 32.4 Å². The van der Waals surface area contributed by atoms with Crippen molar-refractivity contribution in [1.29, 1.82) is 0 Å². The van der Waals surface area contributed by atoms with Gasteiger partial charge in [-0.15, -0.1) is 0 Å². The number of amides is 1. The van der Waals surface area contributed by atoms with E-state index in [1.165, 1.54) is 95.8 Å². The molecule has 4 saturated carbocycles. The van der Waals surface area contributed by atoms with Crippen molar-refractivity contribution < 1.29 is 23.5 Å². The molecule has 2 atom stereocenters. The quantitative estimate of drug-likeness (QED) is 0.291. The first-order chi connectivity index (χ1) is 19.9. The Balaban J connectivity index is 1.05. The van der Waals surface area contributed by atoms with Gasteiger partial charge in [-0.25, -0.2) is 9.18 Å². The van der Waals surface area contributed by atoms with E-state index in [4.69, 9.17) is 4.74 Å². The SMILES string of the molecule is COC(=O)c1ccc(F)c(NC(=O)COc2ccc(C34CC5CC(CC(CNCCN6CCCC6)(C5)C3)C4)cc2)c1. The summed E-state index contributed by atoms with van der Waals surface area (Å²) >= 11 is 0. The highest BCUT2D eigenvalue weighted by Crippen LogP contribution is 2.65. The summed E-state index contributed by atoms with van der Waals surface area (Å²) < 4.78 is 24.6. The van der Waals surface area contributed by atoms with Crippen LogP contribution in [-0.2, 0) is 14.9 Å². The number of ether oxygens (including phenoxy) is 2. The maximum Gasteiger partial charge on any atom is 0.337 e. The Morgan fingerprint density at radius 2 is 1.76 bits per heavy atom. The minimum atomic E-state index is -0.634. The summed E-state index contributed by atoms with van der Waals surface area (Å²) in [5.74, 6) is 0.496. The maximum absolute atomic E-state index is 14.2. The van der Waals surface area contributed by atoms with Crippen LogP contribution in [0.1, 0.15) is 67.3 Å². The normalized spacial score (nSPS) is 28.5. The number of hydrogen-bond donors (Lipinski definition) is 2. The average Bonchev–Trinajstić information content (AvgIpc) is 3.48. The van der Waals surface area contributed by atoms with Gasteiger partial charge >= 0.3 is 5.97 Å². The van der Waals surface area contributed by atoms with Gasteiger partial charge < -0.3 is 25.0 Å². The molecule has 5 aliphatic rings. The standard InChI is InChI=1S/C33H42FN3O4/c1-40-31(39)25-4-9-28(34)29(15-25)36-30(38)20-41-27-7-5-26(6-8-27)33-18-23-14-24(19-33)17-32(16-23,21-33)22-35-10-13-37-11-2-3-12-37/h4-9,15,23-24,35H,2-3,10-14,16-22H2,1H3,(H,36,38). The number of nitrogens with one attached hydrogen (secondary N) is 2. The average molecular weight is 564 g/mol. The van der Waals surface area contributed by atoms with E-state index >= 15 is 0 Å². The molecule has 7 rings (SSSR count). The Labute approximate surface area is 242 Å². The molecule has 2 aromatic carbocycles. The second-order valence-electron chi connectivity index (χ2n) is 13.0. The fourth-order valence-corrected chi connectivity index (χ4v) is 8.70. The summed E-state index contributed by atoms with van der Waals surface area (Å²) in [6, 6.07) is 12.0. The van der Waals surface area contributed by atoms with Crippen molar-refractivity contribution in [3.05, 3.63) is 59.4 Å². The van der Waals surface area contributed by atoms with Gasteiger partial charge in [-0.05, 0) is 123 Å². The fourth-order valence-electron chi connectivity index (χ4n) is 8.70. The van der Waals surface area contributed by atoms with E-state index in [-0.39, 0.29) is 23.3 Å². The molecular formula is C33H42FN3O4. The monoisotopic (exact) mass is 563 g/mol. The number of esters is 1. The van der Waals surface area contributed by atoms with Crippen LogP contribution >= 0.6 is 0 Å². The molecule has 2 N–H and O–H groups in total. The number of hydrogen-bond acceptors (Lipinski definition) is 6. The minimum absolute atomic E-state index is 0.0851. The third-order valence-electron chi connectivity index (χ3n) is 9.98. The Morgan fingerprint density at radius 3 is 2.46 bits per heavy atom. The predicted molar refractivity (Wildman–Crippen MR) is 156 cm³/mol. The van der Waals surface area contributed by atoms with Gasteiger partial charge in [0.1, 0.15) is 11.6 Å². The molecule has 2 unspecified atom stereocenters. The Hall–Kier alpha value is -2.97. The molecule has 1 amide bonds. The molecular weight excluding hydrogens is 521 g/mol. The lowest BCUT2D eigenvalue weighted by molar-refractivity contribution is -0.118. The van der Waals surface area contributed by atoms with E-state index in [9.17, 15) is 14.0 Å². The third-order valence-corrected chi connectivity index (χ3v) is 9.98. The number of methoxy groups -OCH3 is 1. The number of likely N-dealkylation sites (tertiary alicyclic amines) is 1. The van der Waals surface area contributed by atoms with Crippen LogP contribution in [0.25, 0.3) is 0 Å². The first kappa shape index (κ1) is 28.2. The zero-order valence-corrected chi connectivity index (χ0v) is 24.1. The second kappa shape index (κ2) is 11.7. The van der Waals surface area contributed by atoms with Gasteiger partial charge in [0.05, 0.1) is 18.4 Å². The summed E-state index contributed by atoms with van der Waals surface area (Å²) in [4.78, 5) is 26.8. The number of halogens is 1. The largest absolute Gasteiger partial charge is 0.484 e. The lowest BCUT2D eigenvalue weighted by Crippen LogP contribution is -2.57. The summed E-state index contributed by atoms with van der Waals surface area (Å²) in [7, 11) is 1.25. The summed E-state index contributed by atoms with van der Waals surface area (Å²) in [5.41, 5.74) is 2.11. The molecule has 1 aliphatic heterocycles. The molecule has 1 heterocycles. The fraction of sp³-hybridized carbons (Fsp3) is 0.576. The van der Waals surface area contributed by atoms with Crippen molar-refractivity contribution in [3.63, 3.8) is 0 Å². The molecule has 0 radical (unpaired) electrons. The van der Waals surface area contributed by atoms with Crippen LogP contribution in [0.15, 0.2) is 42.5 Å². The molecule has 4 bridgehead atoms. The molecule has 4 aliphatic carbocycles. The van der Waals surface area contributed by atoms with E-state index in [1.54, 1.807) is 0 Å². The lowest BCUT2D eigenvalue weighted by Gasteiger charge is -2.62. The topological polar surface area (TPSA) is 79.9 Å². The Kier molecular flexibility index (Phi) is 8.05. The van der Waals surface area contributed by atoms with Crippen molar-refractivity contribution in [1.82, 2.24) is 10.2 Å². The second-order valence-corrected chi connectivity index (χ2v) is 13.0. The molecule has 220 valence electrons. The van der Waals surface area contributed by atoms with Gasteiger partial charge in [0.25, 0.3) is 5.91 Å². The van der Waals surface area contributed by atoms with Crippen LogP contribution in [-0.4, -0.2) is 63.2 Å². The van der Waals surface area contributed by atoms with Crippen molar-refractivity contribution in [2.45, 2.75) is 56.8 Å². The van der Waals surface area contributed by atoms with Crippen molar-refractivity contribution in [2.75, 3.05) is 51.8 Å². The van der Waals surface area contributed by atoms with E-state index in [0.717, 1.165) is 31.0 Å². The Morgan fingerprint density at radius 1 is 1.02 bits per heavy atom. The molecule has 0 aromatic heterocycles. The van der Waals surface area contributed by atoms with Crippen LogP contribution < -0.4 is 15.4 Å². The number of anilines is 1. The third kappa shape index (κ3) is 6.14. The molecule has 0 spiro atoms. The van der Waals surface area contributed by atoms with Crippen LogP contribution in [0.3, 0.4) is 0 Å². The first-order valence-corrected chi connectivity index (χ1v) is 15.2. The molecule has 8 heteroatoms. The zero-order valence-electron chi connectivity index (χ0n) is 24.1. The maximum atomic E-state index is 14.2. The van der Waals surface area contributed by atoms with Crippen molar-refractivity contribution in [2.24, 2.45) is 17.3 Å². The van der Waals surface area contributed by atoms with Crippen molar-refractivity contribution in [3.8, 4) is 5.75 Å². The summed E-state index contributed by atoms with van der Waals surface area (Å²) in [5, 5.41) is 6.35. The van der Waals surface area contributed by atoms with Gasteiger partial charge in [-0.1, -0.05) is 12.1 Å². The number of rotatable bonds is 11. The van der Waals surface area contributed by atoms with Crippen LogP contribution in [0.4, 0.5) is 10.1 Å². The Bertz CT molecular complexity index is 1250. The smallest absolute Gasteiger partial charge is 0.337 e. The van der Waals surface area contributed by atoms with Crippen molar-refractivity contribution >= 4 is 17.6 Å².